The van der Waals surface area contributed by atoms with Gasteiger partial charge in [-0.1, -0.05) is 42.5 Å². The van der Waals surface area contributed by atoms with Gasteiger partial charge in [0.2, 0.25) is 5.91 Å². The van der Waals surface area contributed by atoms with E-state index in [-0.39, 0.29) is 11.5 Å². The lowest BCUT2D eigenvalue weighted by Crippen LogP contribution is -2.43. The molecule has 0 atom stereocenters. The highest BCUT2D eigenvalue weighted by Gasteiger charge is 2.25. The van der Waals surface area contributed by atoms with E-state index >= 15 is 0 Å². The van der Waals surface area contributed by atoms with Gasteiger partial charge in [-0.25, -0.2) is 23.2 Å². The van der Waals surface area contributed by atoms with Crippen LogP contribution in [0.5, 0.6) is 0 Å². The Balaban J connectivity index is 2.01. The maximum absolute atomic E-state index is 14.2. The zero-order chi connectivity index (χ0) is 22.7. The third-order valence-corrected chi connectivity index (χ3v) is 4.95. The summed E-state index contributed by atoms with van der Waals surface area (Å²) in [5.74, 6) is -5.70. The van der Waals surface area contributed by atoms with E-state index < -0.39 is 28.8 Å². The van der Waals surface area contributed by atoms with E-state index in [4.69, 9.17) is 0 Å². The van der Waals surface area contributed by atoms with Crippen molar-refractivity contribution in [3.05, 3.63) is 100 Å². The van der Waals surface area contributed by atoms with Crippen LogP contribution in [-0.2, 0) is 11.3 Å². The van der Waals surface area contributed by atoms with Crippen molar-refractivity contribution in [3.63, 3.8) is 0 Å². The molecule has 0 saturated heterocycles. The molecular formula is C24H21F3N2O2. The molecule has 7 heteroatoms. The minimum atomic E-state index is -1.70. The molecule has 0 aliphatic carbocycles. The predicted octanol–water partition coefficient (Wildman–Crippen LogP) is 5.04. The highest BCUT2D eigenvalue weighted by atomic mass is 19.2. The number of anilines is 1. The van der Waals surface area contributed by atoms with Gasteiger partial charge in [-0.05, 0) is 36.2 Å². The zero-order valence-electron chi connectivity index (χ0n) is 17.3. The van der Waals surface area contributed by atoms with Crippen molar-refractivity contribution in [3.8, 4) is 0 Å². The Morgan fingerprint density at radius 1 is 0.839 bits per heavy atom. The van der Waals surface area contributed by atoms with Gasteiger partial charge in [0.05, 0.1) is 11.3 Å². The highest BCUT2D eigenvalue weighted by molar-refractivity contribution is 6.11. The van der Waals surface area contributed by atoms with E-state index in [1.807, 2.05) is 30.3 Å². The summed E-state index contributed by atoms with van der Waals surface area (Å²) < 4.78 is 41.1. The molecule has 3 rings (SSSR count). The molecule has 0 aliphatic rings. The fraction of sp³-hybridized carbons (Fsp3) is 0.167. The van der Waals surface area contributed by atoms with Crippen LogP contribution in [0.25, 0.3) is 0 Å². The molecule has 0 unspecified atom stereocenters. The van der Waals surface area contributed by atoms with Crippen LogP contribution < -0.4 is 5.01 Å². The monoisotopic (exact) mass is 426 g/mol. The lowest BCUT2D eigenvalue weighted by molar-refractivity contribution is -0.119. The van der Waals surface area contributed by atoms with Gasteiger partial charge in [0, 0.05) is 26.1 Å². The second-order valence-corrected chi connectivity index (χ2v) is 7.13. The minimum Gasteiger partial charge on any atom is -0.288 e. The summed E-state index contributed by atoms with van der Waals surface area (Å²) in [4.78, 5) is 25.4. The standard InChI is InChI=1S/C24H21F3N2O2/c1-15-18(24(31)19-12-13-20(25)23(27)22(19)26)10-7-11-21(15)29(16(2)30)28(3)14-17-8-5-4-6-9-17/h4-13H,14H2,1-3H3. The van der Waals surface area contributed by atoms with Crippen LogP contribution in [0.1, 0.15) is 34.0 Å². The van der Waals surface area contributed by atoms with E-state index in [9.17, 15) is 22.8 Å². The van der Waals surface area contributed by atoms with Gasteiger partial charge in [-0.3, -0.25) is 9.59 Å². The molecule has 4 nitrogen and oxygen atoms in total. The van der Waals surface area contributed by atoms with Gasteiger partial charge in [0.15, 0.2) is 23.2 Å². The average molecular weight is 426 g/mol. The number of hydrogen-bond acceptors (Lipinski definition) is 3. The van der Waals surface area contributed by atoms with Crippen LogP contribution in [0, 0.1) is 24.4 Å². The molecule has 3 aromatic rings. The molecule has 31 heavy (non-hydrogen) atoms. The normalized spacial score (nSPS) is 10.9. The molecule has 0 saturated carbocycles. The van der Waals surface area contributed by atoms with E-state index in [0.29, 0.717) is 23.9 Å². The van der Waals surface area contributed by atoms with E-state index in [2.05, 4.69) is 0 Å². The highest BCUT2D eigenvalue weighted by Crippen LogP contribution is 2.28. The molecule has 160 valence electrons. The summed E-state index contributed by atoms with van der Waals surface area (Å²) in [6, 6.07) is 15.8. The van der Waals surface area contributed by atoms with Crippen LogP contribution in [0.4, 0.5) is 18.9 Å². The third kappa shape index (κ3) is 4.51. The summed E-state index contributed by atoms with van der Waals surface area (Å²) in [6.45, 7) is 3.44. The molecule has 0 bridgehead atoms. The van der Waals surface area contributed by atoms with Crippen molar-refractivity contribution < 1.29 is 22.8 Å². The molecule has 0 aromatic heterocycles. The maximum Gasteiger partial charge on any atom is 0.238 e. The number of hydrazine groups is 1. The van der Waals surface area contributed by atoms with E-state index in [0.717, 1.165) is 11.6 Å². The van der Waals surface area contributed by atoms with Gasteiger partial charge in [-0.15, -0.1) is 0 Å². The van der Waals surface area contributed by atoms with Crippen LogP contribution in [0.2, 0.25) is 0 Å². The quantitative estimate of drug-likeness (QED) is 0.315. The predicted molar refractivity (Wildman–Crippen MR) is 112 cm³/mol. The van der Waals surface area contributed by atoms with Crippen molar-refractivity contribution in [2.75, 3.05) is 12.1 Å². The van der Waals surface area contributed by atoms with Gasteiger partial charge in [0.1, 0.15) is 0 Å². The molecule has 0 heterocycles. The summed E-state index contributed by atoms with van der Waals surface area (Å²) in [5.41, 5.74) is 1.32. The van der Waals surface area contributed by atoms with Crippen molar-refractivity contribution >= 4 is 17.4 Å². The van der Waals surface area contributed by atoms with Crippen LogP contribution >= 0.6 is 0 Å². The summed E-state index contributed by atoms with van der Waals surface area (Å²) >= 11 is 0. The largest absolute Gasteiger partial charge is 0.288 e. The maximum atomic E-state index is 14.2. The number of ketones is 1. The number of carbonyl (C=O) groups is 2. The second-order valence-electron chi connectivity index (χ2n) is 7.13. The van der Waals surface area contributed by atoms with Crippen LogP contribution in [-0.4, -0.2) is 23.7 Å². The smallest absolute Gasteiger partial charge is 0.238 e. The molecule has 0 fully saturated rings. The second kappa shape index (κ2) is 9.14. The first-order chi connectivity index (χ1) is 14.7. The first kappa shape index (κ1) is 22.2. The van der Waals surface area contributed by atoms with Crippen LogP contribution in [0.3, 0.4) is 0 Å². The van der Waals surface area contributed by atoms with E-state index in [1.54, 1.807) is 31.1 Å². The van der Waals surface area contributed by atoms with Gasteiger partial charge in [-0.2, -0.15) is 0 Å². The Morgan fingerprint density at radius 2 is 1.52 bits per heavy atom. The Bertz CT molecular complexity index is 1130. The summed E-state index contributed by atoms with van der Waals surface area (Å²) in [5, 5.41) is 3.12. The third-order valence-electron chi connectivity index (χ3n) is 4.95. The average Bonchev–Trinajstić information content (AvgIpc) is 2.73. The lowest BCUT2D eigenvalue weighted by atomic mass is 9.97. The topological polar surface area (TPSA) is 40.6 Å². The molecule has 0 spiro atoms. The molecule has 1 amide bonds. The zero-order valence-corrected chi connectivity index (χ0v) is 17.3. The Morgan fingerprint density at radius 3 is 2.16 bits per heavy atom. The summed E-state index contributed by atoms with van der Waals surface area (Å²) in [7, 11) is 1.73. The number of benzene rings is 3. The van der Waals surface area contributed by atoms with Gasteiger partial charge >= 0.3 is 0 Å². The van der Waals surface area contributed by atoms with Gasteiger partial charge in [0.25, 0.3) is 0 Å². The van der Waals surface area contributed by atoms with Crippen molar-refractivity contribution in [2.45, 2.75) is 20.4 Å². The Labute approximate surface area is 178 Å². The lowest BCUT2D eigenvalue weighted by Gasteiger charge is -2.32. The number of rotatable bonds is 6. The number of carbonyl (C=O) groups excluding carboxylic acids is 2. The van der Waals surface area contributed by atoms with Crippen LogP contribution in [0.15, 0.2) is 60.7 Å². The Hall–Kier alpha value is -3.45. The fourth-order valence-corrected chi connectivity index (χ4v) is 3.46. The first-order valence-electron chi connectivity index (χ1n) is 9.55. The Kier molecular flexibility index (Phi) is 6.56. The number of hydrogen-bond donors (Lipinski definition) is 0. The SMILES string of the molecule is CC(=O)N(c1cccc(C(=O)c2ccc(F)c(F)c2F)c1C)N(C)Cc1ccccc1. The molecular weight excluding hydrogens is 405 g/mol. The van der Waals surface area contributed by atoms with Crippen molar-refractivity contribution in [1.29, 1.82) is 0 Å². The van der Waals surface area contributed by atoms with E-state index in [1.165, 1.54) is 18.0 Å². The number of nitrogens with zero attached hydrogens (tertiary/aromatic N) is 2. The number of halogens is 3. The van der Waals surface area contributed by atoms with Crippen molar-refractivity contribution in [1.82, 2.24) is 5.01 Å². The fourth-order valence-electron chi connectivity index (χ4n) is 3.46. The summed E-state index contributed by atoms with van der Waals surface area (Å²) in [6.07, 6.45) is 0. The number of amides is 1. The van der Waals surface area contributed by atoms with Gasteiger partial charge < -0.3 is 0 Å². The first-order valence-corrected chi connectivity index (χ1v) is 9.55. The molecule has 3 aromatic carbocycles. The molecule has 0 aliphatic heterocycles. The molecule has 0 radical (unpaired) electrons. The van der Waals surface area contributed by atoms with Crippen molar-refractivity contribution in [2.24, 2.45) is 0 Å². The molecule has 0 N–H and O–H groups in total. The minimum absolute atomic E-state index is 0.0850.